The number of amides is 2. The first-order chi connectivity index (χ1) is 17.0. The van der Waals surface area contributed by atoms with Crippen LogP contribution in [0.25, 0.3) is 10.6 Å². The van der Waals surface area contributed by atoms with Crippen LogP contribution in [-0.4, -0.2) is 88.3 Å². The lowest BCUT2D eigenvalue weighted by molar-refractivity contribution is -0.917. The van der Waals surface area contributed by atoms with Crippen molar-refractivity contribution in [1.82, 2.24) is 15.0 Å². The van der Waals surface area contributed by atoms with Gasteiger partial charge in [-0.05, 0) is 31.5 Å². The van der Waals surface area contributed by atoms with Gasteiger partial charge in [0.1, 0.15) is 12.2 Å². The first-order valence-corrected chi connectivity index (χ1v) is 14.0. The SMILES string of the molecule is O=C1[C@@H]2[C@H](C(=O)N1CCC[N+]1(CCO)CCCC1)[C@H](c1cc(-c3ccc(Cl)s3)on1)N1CCC[C@@H]21. The van der Waals surface area contributed by atoms with Crippen molar-refractivity contribution in [2.45, 2.75) is 44.2 Å². The Balaban J connectivity index is 1.21. The van der Waals surface area contributed by atoms with Gasteiger partial charge in [0, 0.05) is 37.9 Å². The van der Waals surface area contributed by atoms with E-state index in [1.807, 2.05) is 18.2 Å². The van der Waals surface area contributed by atoms with Crippen molar-refractivity contribution in [3.05, 3.63) is 28.2 Å². The molecular weight excluding hydrogens is 488 g/mol. The number of fused-ring (bicyclic) bond motifs is 3. The molecule has 6 heterocycles. The van der Waals surface area contributed by atoms with Gasteiger partial charge in [-0.2, -0.15) is 0 Å². The molecule has 4 aliphatic rings. The van der Waals surface area contributed by atoms with E-state index in [0.717, 1.165) is 67.0 Å². The van der Waals surface area contributed by atoms with E-state index in [2.05, 4.69) is 10.1 Å². The molecule has 0 aromatic carbocycles. The maximum absolute atomic E-state index is 13.7. The third-order valence-corrected chi connectivity index (χ3v) is 9.94. The average Bonchev–Trinajstić information content (AvgIpc) is 3.65. The molecule has 0 saturated carbocycles. The predicted octanol–water partition coefficient (Wildman–Crippen LogP) is 3.17. The summed E-state index contributed by atoms with van der Waals surface area (Å²) in [5.74, 6) is -0.112. The molecule has 35 heavy (non-hydrogen) atoms. The third kappa shape index (κ3) is 3.96. The van der Waals surface area contributed by atoms with Gasteiger partial charge >= 0.3 is 0 Å². The number of aliphatic hydroxyl groups excluding tert-OH is 1. The highest BCUT2D eigenvalue weighted by atomic mass is 35.5. The van der Waals surface area contributed by atoms with Crippen molar-refractivity contribution >= 4 is 34.8 Å². The molecule has 8 nitrogen and oxygen atoms in total. The Labute approximate surface area is 214 Å². The monoisotopic (exact) mass is 519 g/mol. The molecule has 0 bridgehead atoms. The highest BCUT2D eigenvalue weighted by Gasteiger charge is 2.63. The summed E-state index contributed by atoms with van der Waals surface area (Å²) >= 11 is 7.53. The van der Waals surface area contributed by atoms with E-state index in [0.29, 0.717) is 16.6 Å². The van der Waals surface area contributed by atoms with Crippen molar-refractivity contribution in [3.8, 4) is 10.6 Å². The third-order valence-electron chi connectivity index (χ3n) is 8.69. The molecule has 2 aromatic heterocycles. The Morgan fingerprint density at radius 2 is 1.94 bits per heavy atom. The molecule has 4 saturated heterocycles. The molecule has 10 heteroatoms. The lowest BCUT2D eigenvalue weighted by Crippen LogP contribution is -2.49. The van der Waals surface area contributed by atoms with E-state index in [4.69, 9.17) is 16.1 Å². The topological polar surface area (TPSA) is 86.9 Å². The van der Waals surface area contributed by atoms with Crippen molar-refractivity contribution in [2.24, 2.45) is 11.8 Å². The summed E-state index contributed by atoms with van der Waals surface area (Å²) in [6, 6.07) is 5.52. The second-order valence-corrected chi connectivity index (χ2v) is 12.2. The van der Waals surface area contributed by atoms with Crippen LogP contribution in [0.2, 0.25) is 4.34 Å². The van der Waals surface area contributed by atoms with Crippen LogP contribution in [0.4, 0.5) is 0 Å². The summed E-state index contributed by atoms with van der Waals surface area (Å²) in [6.45, 7) is 5.35. The zero-order valence-electron chi connectivity index (χ0n) is 19.8. The molecule has 188 valence electrons. The number of aromatic nitrogens is 1. The number of imide groups is 1. The smallest absolute Gasteiger partial charge is 0.235 e. The fourth-order valence-corrected chi connectivity index (χ4v) is 8.16. The number of nitrogens with zero attached hydrogens (tertiary/aromatic N) is 4. The minimum Gasteiger partial charge on any atom is -0.391 e. The summed E-state index contributed by atoms with van der Waals surface area (Å²) in [4.78, 5) is 32.0. The first kappa shape index (κ1) is 23.6. The van der Waals surface area contributed by atoms with Crippen LogP contribution < -0.4 is 0 Å². The number of hydrogen-bond donors (Lipinski definition) is 1. The van der Waals surface area contributed by atoms with E-state index >= 15 is 0 Å². The second kappa shape index (κ2) is 9.27. The van der Waals surface area contributed by atoms with Crippen LogP contribution in [0.3, 0.4) is 0 Å². The van der Waals surface area contributed by atoms with Crippen LogP contribution >= 0.6 is 22.9 Å². The Bertz CT molecular complexity index is 1110. The maximum atomic E-state index is 13.7. The van der Waals surface area contributed by atoms with Gasteiger partial charge in [-0.15, -0.1) is 11.3 Å². The molecule has 4 aliphatic heterocycles. The van der Waals surface area contributed by atoms with Gasteiger partial charge in [0.15, 0.2) is 5.76 Å². The van der Waals surface area contributed by atoms with Gasteiger partial charge in [0.05, 0.1) is 53.3 Å². The Morgan fingerprint density at radius 3 is 2.69 bits per heavy atom. The van der Waals surface area contributed by atoms with Crippen LogP contribution in [-0.2, 0) is 9.59 Å². The lowest BCUT2D eigenvalue weighted by atomic mass is 9.86. The van der Waals surface area contributed by atoms with E-state index in [1.54, 1.807) is 0 Å². The van der Waals surface area contributed by atoms with E-state index in [-0.39, 0.29) is 36.4 Å². The van der Waals surface area contributed by atoms with Crippen LogP contribution in [0.1, 0.15) is 43.8 Å². The second-order valence-electron chi connectivity index (χ2n) is 10.5. The van der Waals surface area contributed by atoms with Gasteiger partial charge < -0.3 is 14.1 Å². The van der Waals surface area contributed by atoms with Crippen LogP contribution in [0.5, 0.6) is 0 Å². The highest BCUT2D eigenvalue weighted by Crippen LogP contribution is 2.53. The average molecular weight is 520 g/mol. The van der Waals surface area contributed by atoms with Gasteiger partial charge in [-0.3, -0.25) is 19.4 Å². The minimum atomic E-state index is -0.398. The van der Waals surface area contributed by atoms with Gasteiger partial charge in [0.2, 0.25) is 11.8 Å². The summed E-state index contributed by atoms with van der Waals surface area (Å²) in [6.07, 6.45) is 5.11. The molecule has 0 spiro atoms. The van der Waals surface area contributed by atoms with Crippen LogP contribution in [0, 0.1) is 11.8 Å². The molecule has 0 radical (unpaired) electrons. The number of thiophene rings is 1. The predicted molar refractivity (Wildman–Crippen MR) is 132 cm³/mol. The summed E-state index contributed by atoms with van der Waals surface area (Å²) in [5.41, 5.74) is 0.733. The van der Waals surface area contributed by atoms with Crippen molar-refractivity contribution < 1.29 is 23.7 Å². The number of aliphatic hydroxyl groups is 1. The molecule has 2 aromatic rings. The normalized spacial score (nSPS) is 29.9. The molecule has 6 rings (SSSR count). The minimum absolute atomic E-state index is 0.0108. The number of hydrogen-bond acceptors (Lipinski definition) is 7. The lowest BCUT2D eigenvalue weighted by Gasteiger charge is -2.34. The maximum Gasteiger partial charge on any atom is 0.235 e. The first-order valence-electron chi connectivity index (χ1n) is 12.8. The van der Waals surface area contributed by atoms with Crippen LogP contribution in [0.15, 0.2) is 22.7 Å². The quantitative estimate of drug-likeness (QED) is 0.426. The zero-order valence-corrected chi connectivity index (χ0v) is 21.3. The summed E-state index contributed by atoms with van der Waals surface area (Å²) in [7, 11) is 0. The standard InChI is InChI=1S/C25H32ClN4O4S/c26-20-7-6-19(35-20)18-15-16(27-34-18)23-22-21(17-5-3-8-28(17)23)24(32)29(25(22)33)9-4-12-30(13-14-31)10-1-2-11-30/h6-7,15,17,21-23,31H,1-5,8-14H2/q+1/t17-,21-,22-,23-/m0/s1. The molecule has 4 fully saturated rings. The van der Waals surface area contributed by atoms with Crippen molar-refractivity contribution in [3.63, 3.8) is 0 Å². The molecule has 2 amide bonds. The Hall–Kier alpha value is -1.78. The number of rotatable bonds is 8. The van der Waals surface area contributed by atoms with Gasteiger partial charge in [-0.25, -0.2) is 0 Å². The molecule has 4 atom stereocenters. The molecule has 0 aliphatic carbocycles. The largest absolute Gasteiger partial charge is 0.391 e. The molecule has 0 unspecified atom stereocenters. The summed E-state index contributed by atoms with van der Waals surface area (Å²) in [5, 5.41) is 13.9. The van der Waals surface area contributed by atoms with Gasteiger partial charge in [-0.1, -0.05) is 16.8 Å². The molecule has 1 N–H and O–H groups in total. The summed E-state index contributed by atoms with van der Waals surface area (Å²) < 4.78 is 7.25. The Morgan fingerprint density at radius 1 is 1.14 bits per heavy atom. The van der Waals surface area contributed by atoms with Gasteiger partial charge in [0.25, 0.3) is 0 Å². The van der Waals surface area contributed by atoms with E-state index < -0.39 is 5.92 Å². The highest BCUT2D eigenvalue weighted by molar-refractivity contribution is 7.19. The fourth-order valence-electron chi connectivity index (χ4n) is 7.17. The number of halogens is 1. The number of likely N-dealkylation sites (tertiary alicyclic amines) is 2. The van der Waals surface area contributed by atoms with E-state index in [9.17, 15) is 14.7 Å². The van der Waals surface area contributed by atoms with Crippen molar-refractivity contribution in [1.29, 1.82) is 0 Å². The zero-order chi connectivity index (χ0) is 24.2. The fraction of sp³-hybridized carbons (Fsp3) is 0.640. The van der Waals surface area contributed by atoms with Crippen molar-refractivity contribution in [2.75, 3.05) is 45.9 Å². The molecular formula is C25H32ClN4O4S+. The van der Waals surface area contributed by atoms with E-state index in [1.165, 1.54) is 29.1 Å². The number of quaternary nitrogens is 1. The number of carbonyl (C=O) groups is 2. The Kier molecular flexibility index (Phi) is 6.25. The number of carbonyl (C=O) groups excluding carboxylic acids is 2.